The summed E-state index contributed by atoms with van der Waals surface area (Å²) < 4.78 is 5.12. The molecule has 18 heavy (non-hydrogen) atoms. The van der Waals surface area contributed by atoms with Crippen LogP contribution in [0, 0.1) is 0 Å². The Kier molecular flexibility index (Phi) is 3.14. The molecular formula is C12H19N3O3. The van der Waals surface area contributed by atoms with Gasteiger partial charge in [-0.1, -0.05) is 25.9 Å². The monoisotopic (exact) mass is 253 g/mol. The lowest BCUT2D eigenvalue weighted by atomic mass is 9.77. The number of rotatable bonds is 4. The number of carboxylic acid groups (broad SMARTS) is 1. The van der Waals surface area contributed by atoms with Crippen LogP contribution in [-0.4, -0.2) is 26.8 Å². The molecule has 1 saturated carbocycles. The standard InChI is InChI=1S/C12H19N3O3/c1-11(2,3)9-14-8(18-15-9)7-13-12(10(16)17)5-4-6-12/h13H,4-7H2,1-3H3,(H,16,17). The summed E-state index contributed by atoms with van der Waals surface area (Å²) in [6, 6.07) is 0. The maximum absolute atomic E-state index is 11.2. The van der Waals surface area contributed by atoms with E-state index in [4.69, 9.17) is 9.63 Å². The Labute approximate surface area is 106 Å². The van der Waals surface area contributed by atoms with Crippen LogP contribution in [0.1, 0.15) is 51.7 Å². The molecule has 0 amide bonds. The highest BCUT2D eigenvalue weighted by Gasteiger charge is 2.44. The third kappa shape index (κ3) is 2.38. The topological polar surface area (TPSA) is 88.2 Å². The average molecular weight is 253 g/mol. The molecule has 2 N–H and O–H groups in total. The summed E-state index contributed by atoms with van der Waals surface area (Å²) in [5.74, 6) is 0.272. The first kappa shape index (κ1) is 13.0. The van der Waals surface area contributed by atoms with Gasteiger partial charge in [-0.05, 0) is 19.3 Å². The molecule has 0 atom stereocenters. The first-order chi connectivity index (χ1) is 8.33. The summed E-state index contributed by atoms with van der Waals surface area (Å²) in [5.41, 5.74) is -0.959. The second-order valence-electron chi connectivity index (χ2n) is 5.86. The van der Waals surface area contributed by atoms with Gasteiger partial charge in [-0.25, -0.2) is 0 Å². The Morgan fingerprint density at radius 2 is 2.17 bits per heavy atom. The third-order valence-corrected chi connectivity index (χ3v) is 3.33. The fourth-order valence-corrected chi connectivity index (χ4v) is 1.87. The van der Waals surface area contributed by atoms with Crippen LogP contribution in [0.2, 0.25) is 0 Å². The van der Waals surface area contributed by atoms with Crippen molar-refractivity contribution in [2.45, 2.75) is 57.5 Å². The Hall–Kier alpha value is -1.43. The van der Waals surface area contributed by atoms with Crippen molar-refractivity contribution in [1.29, 1.82) is 0 Å². The number of aliphatic carboxylic acids is 1. The highest BCUT2D eigenvalue weighted by Crippen LogP contribution is 2.32. The molecule has 2 rings (SSSR count). The van der Waals surface area contributed by atoms with Crippen molar-refractivity contribution < 1.29 is 14.4 Å². The van der Waals surface area contributed by atoms with Gasteiger partial charge < -0.3 is 9.63 Å². The van der Waals surface area contributed by atoms with Crippen LogP contribution in [0.4, 0.5) is 0 Å². The van der Waals surface area contributed by atoms with Gasteiger partial charge in [-0.3, -0.25) is 10.1 Å². The minimum absolute atomic E-state index is 0.164. The first-order valence-electron chi connectivity index (χ1n) is 6.15. The predicted molar refractivity (Wildman–Crippen MR) is 64.1 cm³/mol. The number of carboxylic acids is 1. The summed E-state index contributed by atoms with van der Waals surface area (Å²) in [4.78, 5) is 15.4. The van der Waals surface area contributed by atoms with Gasteiger partial charge in [-0.2, -0.15) is 4.98 Å². The maximum atomic E-state index is 11.2. The van der Waals surface area contributed by atoms with Crippen molar-refractivity contribution in [3.8, 4) is 0 Å². The zero-order chi connectivity index (χ0) is 13.4. The summed E-state index contributed by atoms with van der Waals surface area (Å²) >= 11 is 0. The van der Waals surface area contributed by atoms with E-state index < -0.39 is 11.5 Å². The van der Waals surface area contributed by atoms with Crippen LogP contribution in [-0.2, 0) is 16.8 Å². The molecule has 0 unspecified atom stereocenters. The lowest BCUT2D eigenvalue weighted by Gasteiger charge is -2.38. The van der Waals surface area contributed by atoms with E-state index in [-0.39, 0.29) is 5.41 Å². The lowest BCUT2D eigenvalue weighted by Crippen LogP contribution is -2.56. The molecule has 0 spiro atoms. The Morgan fingerprint density at radius 1 is 1.50 bits per heavy atom. The van der Waals surface area contributed by atoms with Gasteiger partial charge in [-0.15, -0.1) is 0 Å². The predicted octanol–water partition coefficient (Wildman–Crippen LogP) is 1.46. The van der Waals surface area contributed by atoms with Crippen molar-refractivity contribution in [1.82, 2.24) is 15.5 Å². The van der Waals surface area contributed by atoms with Crippen molar-refractivity contribution in [2.24, 2.45) is 0 Å². The molecule has 6 heteroatoms. The smallest absolute Gasteiger partial charge is 0.323 e. The van der Waals surface area contributed by atoms with E-state index >= 15 is 0 Å². The highest BCUT2D eigenvalue weighted by atomic mass is 16.5. The number of aromatic nitrogens is 2. The molecule has 1 aromatic rings. The normalized spacial score (nSPS) is 18.4. The third-order valence-electron chi connectivity index (χ3n) is 3.33. The van der Waals surface area contributed by atoms with E-state index in [0.29, 0.717) is 31.1 Å². The van der Waals surface area contributed by atoms with E-state index in [0.717, 1.165) is 6.42 Å². The van der Waals surface area contributed by atoms with Crippen LogP contribution in [0.15, 0.2) is 4.52 Å². The minimum atomic E-state index is -0.802. The van der Waals surface area contributed by atoms with Crippen LogP contribution in [0.5, 0.6) is 0 Å². The lowest BCUT2D eigenvalue weighted by molar-refractivity contribution is -0.149. The van der Waals surface area contributed by atoms with Gasteiger partial charge in [0.15, 0.2) is 5.82 Å². The Morgan fingerprint density at radius 3 is 2.56 bits per heavy atom. The van der Waals surface area contributed by atoms with Gasteiger partial charge in [0.1, 0.15) is 5.54 Å². The molecular weight excluding hydrogens is 234 g/mol. The van der Waals surface area contributed by atoms with E-state index in [9.17, 15) is 4.79 Å². The number of carbonyl (C=O) groups is 1. The van der Waals surface area contributed by atoms with E-state index in [1.54, 1.807) is 0 Å². The van der Waals surface area contributed by atoms with Gasteiger partial charge in [0, 0.05) is 5.41 Å². The van der Waals surface area contributed by atoms with E-state index in [1.165, 1.54) is 0 Å². The molecule has 1 fully saturated rings. The zero-order valence-corrected chi connectivity index (χ0v) is 11.0. The molecule has 1 aliphatic carbocycles. The minimum Gasteiger partial charge on any atom is -0.480 e. The quantitative estimate of drug-likeness (QED) is 0.844. The first-order valence-corrected chi connectivity index (χ1v) is 6.15. The Bertz CT molecular complexity index is 444. The van der Waals surface area contributed by atoms with Crippen LogP contribution in [0.3, 0.4) is 0 Å². The van der Waals surface area contributed by atoms with Gasteiger partial charge in [0.2, 0.25) is 5.89 Å². The number of hydrogen-bond donors (Lipinski definition) is 2. The molecule has 1 aliphatic rings. The Balaban J connectivity index is 1.98. The van der Waals surface area contributed by atoms with Crippen molar-refractivity contribution in [2.75, 3.05) is 0 Å². The summed E-state index contributed by atoms with van der Waals surface area (Å²) in [5, 5.41) is 16.1. The van der Waals surface area contributed by atoms with Gasteiger partial charge in [0.25, 0.3) is 0 Å². The van der Waals surface area contributed by atoms with Crippen LogP contribution < -0.4 is 5.32 Å². The van der Waals surface area contributed by atoms with Crippen LogP contribution in [0.25, 0.3) is 0 Å². The maximum Gasteiger partial charge on any atom is 0.323 e. The van der Waals surface area contributed by atoms with Gasteiger partial charge in [0.05, 0.1) is 6.54 Å². The molecule has 100 valence electrons. The van der Waals surface area contributed by atoms with Crippen molar-refractivity contribution >= 4 is 5.97 Å². The average Bonchev–Trinajstić information content (AvgIpc) is 2.63. The number of nitrogens with one attached hydrogen (secondary N) is 1. The van der Waals surface area contributed by atoms with Gasteiger partial charge >= 0.3 is 5.97 Å². The molecule has 0 bridgehead atoms. The molecule has 6 nitrogen and oxygen atoms in total. The number of nitrogens with zero attached hydrogens (tertiary/aromatic N) is 2. The molecule has 1 heterocycles. The summed E-state index contributed by atoms with van der Waals surface area (Å²) in [6.45, 7) is 6.30. The van der Waals surface area contributed by atoms with E-state index in [1.807, 2.05) is 20.8 Å². The molecule has 0 aromatic carbocycles. The molecule has 0 radical (unpaired) electrons. The van der Waals surface area contributed by atoms with Crippen molar-refractivity contribution in [3.05, 3.63) is 11.7 Å². The highest BCUT2D eigenvalue weighted by molar-refractivity contribution is 5.79. The summed E-state index contributed by atoms with van der Waals surface area (Å²) in [6.07, 6.45) is 2.25. The fourth-order valence-electron chi connectivity index (χ4n) is 1.87. The van der Waals surface area contributed by atoms with E-state index in [2.05, 4.69) is 15.5 Å². The number of hydrogen-bond acceptors (Lipinski definition) is 5. The van der Waals surface area contributed by atoms with Crippen LogP contribution >= 0.6 is 0 Å². The summed E-state index contributed by atoms with van der Waals surface area (Å²) in [7, 11) is 0. The fraction of sp³-hybridized carbons (Fsp3) is 0.750. The molecule has 0 saturated heterocycles. The molecule has 0 aliphatic heterocycles. The second-order valence-corrected chi connectivity index (χ2v) is 5.86. The largest absolute Gasteiger partial charge is 0.480 e. The van der Waals surface area contributed by atoms with Crippen molar-refractivity contribution in [3.63, 3.8) is 0 Å². The molecule has 1 aromatic heterocycles. The second kappa shape index (κ2) is 4.35. The zero-order valence-electron chi connectivity index (χ0n) is 11.0. The SMILES string of the molecule is CC(C)(C)c1noc(CNC2(C(=O)O)CCC2)n1.